The molecule has 21 heavy (non-hydrogen) atoms. The predicted octanol–water partition coefficient (Wildman–Crippen LogP) is 2.29. The molecule has 0 spiro atoms. The molecule has 1 fully saturated rings. The summed E-state index contributed by atoms with van der Waals surface area (Å²) in [7, 11) is 0. The molecule has 2 heterocycles. The van der Waals surface area contributed by atoms with Crippen molar-refractivity contribution < 1.29 is 9.32 Å². The second-order valence-corrected chi connectivity index (χ2v) is 6.59. The van der Waals surface area contributed by atoms with Gasteiger partial charge in [-0.1, -0.05) is 19.0 Å². The third-order valence-electron chi connectivity index (χ3n) is 3.87. The maximum Gasteiger partial charge on any atom is 0.221 e. The maximum atomic E-state index is 11.9. The van der Waals surface area contributed by atoms with Crippen LogP contribution in [0, 0.1) is 0 Å². The van der Waals surface area contributed by atoms with E-state index < -0.39 is 0 Å². The van der Waals surface area contributed by atoms with Gasteiger partial charge in [0.25, 0.3) is 0 Å². The van der Waals surface area contributed by atoms with Crippen LogP contribution in [0.15, 0.2) is 10.6 Å². The van der Waals surface area contributed by atoms with Gasteiger partial charge in [0, 0.05) is 42.5 Å². The van der Waals surface area contributed by atoms with E-state index in [-0.39, 0.29) is 5.91 Å². The first kappa shape index (κ1) is 16.4. The fourth-order valence-corrected chi connectivity index (χ4v) is 3.49. The van der Waals surface area contributed by atoms with Crippen molar-refractivity contribution in [2.24, 2.45) is 0 Å². The minimum Gasteiger partial charge on any atom is -0.359 e. The van der Waals surface area contributed by atoms with E-state index in [0.29, 0.717) is 24.9 Å². The molecule has 2 rings (SSSR count). The zero-order valence-electron chi connectivity index (χ0n) is 12.9. The van der Waals surface area contributed by atoms with Gasteiger partial charge in [-0.15, -0.1) is 0 Å². The third-order valence-corrected chi connectivity index (χ3v) is 5.00. The Labute approximate surface area is 130 Å². The van der Waals surface area contributed by atoms with Crippen molar-refractivity contribution in [1.29, 1.82) is 0 Å². The van der Waals surface area contributed by atoms with Crippen LogP contribution in [0.2, 0.25) is 0 Å². The number of hydrogen-bond acceptors (Lipinski definition) is 5. The summed E-state index contributed by atoms with van der Waals surface area (Å²) in [5.41, 5.74) is 0.995. The van der Waals surface area contributed by atoms with Gasteiger partial charge >= 0.3 is 0 Å². The molecule has 2 N–H and O–H groups in total. The molecule has 1 unspecified atom stereocenters. The van der Waals surface area contributed by atoms with Gasteiger partial charge in [0.2, 0.25) is 5.91 Å². The molecular formula is C15H25N3O2S. The lowest BCUT2D eigenvalue weighted by Gasteiger charge is -2.22. The summed E-state index contributed by atoms with van der Waals surface area (Å²) in [6.07, 6.45) is 2.64. The van der Waals surface area contributed by atoms with Crippen LogP contribution in [0.25, 0.3) is 0 Å². The normalized spacial score (nSPS) is 18.9. The summed E-state index contributed by atoms with van der Waals surface area (Å²) < 4.78 is 5.31. The maximum absolute atomic E-state index is 11.9. The van der Waals surface area contributed by atoms with E-state index in [1.54, 1.807) is 0 Å². The Morgan fingerprint density at radius 1 is 1.57 bits per heavy atom. The lowest BCUT2D eigenvalue weighted by Crippen LogP contribution is -2.41. The summed E-state index contributed by atoms with van der Waals surface area (Å²) in [5.74, 6) is 3.39. The molecule has 0 aliphatic carbocycles. The van der Waals surface area contributed by atoms with Gasteiger partial charge in [-0.3, -0.25) is 4.79 Å². The highest BCUT2D eigenvalue weighted by atomic mass is 32.2. The second-order valence-electron chi connectivity index (χ2n) is 5.44. The predicted molar refractivity (Wildman–Crippen MR) is 85.4 cm³/mol. The van der Waals surface area contributed by atoms with E-state index in [4.69, 9.17) is 4.52 Å². The molecule has 1 saturated heterocycles. The molecule has 118 valence electrons. The lowest BCUT2D eigenvalue weighted by atomic mass is 9.99. The first-order chi connectivity index (χ1) is 10.2. The molecule has 0 bridgehead atoms. The van der Waals surface area contributed by atoms with Crippen LogP contribution in [0.5, 0.6) is 0 Å². The van der Waals surface area contributed by atoms with Gasteiger partial charge in [-0.2, -0.15) is 11.8 Å². The van der Waals surface area contributed by atoms with Crippen molar-refractivity contribution in [2.45, 2.75) is 51.6 Å². The van der Waals surface area contributed by atoms with Gasteiger partial charge < -0.3 is 15.2 Å². The number of carbonyl (C=O) groups is 1. The largest absolute Gasteiger partial charge is 0.359 e. The quantitative estimate of drug-likeness (QED) is 0.809. The summed E-state index contributed by atoms with van der Waals surface area (Å²) in [4.78, 5) is 11.9. The molecule has 1 amide bonds. The lowest BCUT2D eigenvalue weighted by molar-refractivity contribution is -0.121. The van der Waals surface area contributed by atoms with Gasteiger partial charge in [0.05, 0.1) is 12.2 Å². The summed E-state index contributed by atoms with van der Waals surface area (Å²) in [5, 5.41) is 10.4. The van der Waals surface area contributed by atoms with E-state index in [9.17, 15) is 4.79 Å². The van der Waals surface area contributed by atoms with Crippen LogP contribution in [0.4, 0.5) is 0 Å². The number of rotatable bonds is 7. The van der Waals surface area contributed by atoms with Gasteiger partial charge in [-0.05, 0) is 12.8 Å². The van der Waals surface area contributed by atoms with E-state index in [1.807, 2.05) is 17.8 Å². The van der Waals surface area contributed by atoms with Crippen LogP contribution in [-0.2, 0) is 11.3 Å². The number of nitrogens with zero attached hydrogens (tertiary/aromatic N) is 1. The Bertz CT molecular complexity index is 440. The van der Waals surface area contributed by atoms with Crippen molar-refractivity contribution in [3.8, 4) is 0 Å². The number of nitrogens with one attached hydrogen (secondary N) is 2. The number of amides is 1. The molecule has 1 aliphatic rings. The monoisotopic (exact) mass is 311 g/mol. The highest BCUT2D eigenvalue weighted by Gasteiger charge is 2.17. The molecule has 0 radical (unpaired) electrons. The van der Waals surface area contributed by atoms with Crippen molar-refractivity contribution >= 4 is 17.7 Å². The highest BCUT2D eigenvalue weighted by Crippen LogP contribution is 2.22. The number of carbonyl (C=O) groups excluding carboxylic acids is 1. The van der Waals surface area contributed by atoms with E-state index in [2.05, 4.69) is 29.6 Å². The minimum absolute atomic E-state index is 0.0653. The van der Waals surface area contributed by atoms with Crippen LogP contribution < -0.4 is 10.6 Å². The Kier molecular flexibility index (Phi) is 6.57. The fourth-order valence-electron chi connectivity index (χ4n) is 2.54. The summed E-state index contributed by atoms with van der Waals surface area (Å²) in [6.45, 7) is 5.72. The molecule has 6 heteroatoms. The Morgan fingerprint density at radius 3 is 3.05 bits per heavy atom. The average Bonchev–Trinajstić information content (AvgIpc) is 2.96. The van der Waals surface area contributed by atoms with Crippen LogP contribution >= 0.6 is 11.8 Å². The average molecular weight is 311 g/mol. The summed E-state index contributed by atoms with van der Waals surface area (Å²) >= 11 is 1.90. The van der Waals surface area contributed by atoms with Crippen LogP contribution in [0.1, 0.15) is 50.5 Å². The molecule has 1 atom stereocenters. The molecule has 1 aromatic rings. The zero-order chi connectivity index (χ0) is 15.1. The molecule has 5 nitrogen and oxygen atoms in total. The first-order valence-electron chi connectivity index (χ1n) is 7.76. The highest BCUT2D eigenvalue weighted by molar-refractivity contribution is 7.99. The van der Waals surface area contributed by atoms with Crippen molar-refractivity contribution in [3.05, 3.63) is 17.5 Å². The van der Waals surface area contributed by atoms with Crippen molar-refractivity contribution in [1.82, 2.24) is 15.8 Å². The van der Waals surface area contributed by atoms with Gasteiger partial charge in [0.1, 0.15) is 0 Å². The topological polar surface area (TPSA) is 67.2 Å². The smallest absolute Gasteiger partial charge is 0.221 e. The third kappa shape index (κ3) is 5.04. The van der Waals surface area contributed by atoms with E-state index in [0.717, 1.165) is 42.3 Å². The fraction of sp³-hybridized carbons (Fsp3) is 0.733. The standard InChI is InChI=1S/C15H25N3O2S/c1-3-11(4-2)14-8-13(20-18-14)9-17-15(19)7-12-10-21-6-5-16-12/h8,11-12,16H,3-7,9-10H2,1-2H3,(H,17,19). The van der Waals surface area contributed by atoms with Crippen LogP contribution in [0.3, 0.4) is 0 Å². The molecule has 0 aromatic carbocycles. The van der Waals surface area contributed by atoms with Gasteiger partial charge in [-0.25, -0.2) is 0 Å². The number of hydrogen-bond donors (Lipinski definition) is 2. The Hall–Kier alpha value is -1.01. The molecule has 0 saturated carbocycles. The van der Waals surface area contributed by atoms with Crippen molar-refractivity contribution in [2.75, 3.05) is 18.1 Å². The SMILES string of the molecule is CCC(CC)c1cc(CNC(=O)CC2CSCCN2)on1. The number of aromatic nitrogens is 1. The summed E-state index contributed by atoms with van der Waals surface area (Å²) in [6, 6.07) is 2.26. The van der Waals surface area contributed by atoms with E-state index in [1.165, 1.54) is 0 Å². The molecular weight excluding hydrogens is 286 g/mol. The Balaban J connectivity index is 1.75. The number of thioether (sulfide) groups is 1. The zero-order valence-corrected chi connectivity index (χ0v) is 13.7. The molecule has 1 aromatic heterocycles. The Morgan fingerprint density at radius 2 is 2.38 bits per heavy atom. The van der Waals surface area contributed by atoms with Crippen LogP contribution in [-0.4, -0.2) is 35.2 Å². The minimum atomic E-state index is 0.0653. The second kappa shape index (κ2) is 8.44. The molecule has 1 aliphatic heterocycles. The van der Waals surface area contributed by atoms with Crippen molar-refractivity contribution in [3.63, 3.8) is 0 Å². The van der Waals surface area contributed by atoms with Gasteiger partial charge in [0.15, 0.2) is 5.76 Å². The first-order valence-corrected chi connectivity index (χ1v) is 8.91. The van der Waals surface area contributed by atoms with E-state index >= 15 is 0 Å².